The van der Waals surface area contributed by atoms with E-state index in [4.69, 9.17) is 9.97 Å². The van der Waals surface area contributed by atoms with Crippen LogP contribution < -0.4 is 0 Å². The van der Waals surface area contributed by atoms with E-state index in [1.54, 1.807) is 0 Å². The molecule has 11 aromatic rings. The molecule has 0 aliphatic carbocycles. The number of nitrogens with zero attached hydrogens (tertiary/aromatic N) is 2. The summed E-state index contributed by atoms with van der Waals surface area (Å²) in [4.78, 5) is 9.92. The Hall–Kier alpha value is -6.64. The first kappa shape index (κ1) is 27.3. The summed E-state index contributed by atoms with van der Waals surface area (Å²) in [6, 6.07) is 59.9. The standard InChI is InChI=1S/C48H28N2/c1-2-12-36-35(11-1)34(24-25-40(36)44-26-22-32-20-19-31-10-7-27-49-47(31)48(32)50-44)33-21-23-39-42-16-6-9-30-18-17-29-8-5-15-41(45(29)46(30)42)37-13-3-4-14-38(37)43(39)28-33/h1-28H. The molecule has 0 aliphatic heterocycles. The smallest absolute Gasteiger partial charge is 0.0972 e. The van der Waals surface area contributed by atoms with Crippen LogP contribution >= 0.6 is 0 Å². The van der Waals surface area contributed by atoms with Crippen molar-refractivity contribution in [3.05, 3.63) is 170 Å². The van der Waals surface area contributed by atoms with Crippen molar-refractivity contribution in [1.82, 2.24) is 9.97 Å². The van der Waals surface area contributed by atoms with E-state index in [0.29, 0.717) is 0 Å². The van der Waals surface area contributed by atoms with Crippen molar-refractivity contribution in [2.75, 3.05) is 0 Å². The summed E-state index contributed by atoms with van der Waals surface area (Å²) in [6.07, 6.45) is 1.85. The molecule has 0 bridgehead atoms. The van der Waals surface area contributed by atoms with E-state index in [0.717, 1.165) is 33.1 Å². The second-order valence-electron chi connectivity index (χ2n) is 13.3. The summed E-state index contributed by atoms with van der Waals surface area (Å²) in [5.74, 6) is 0. The molecular formula is C48H28N2. The molecule has 50 heavy (non-hydrogen) atoms. The lowest BCUT2D eigenvalue weighted by molar-refractivity contribution is 1.37. The van der Waals surface area contributed by atoms with Crippen LogP contribution in [0.4, 0.5) is 0 Å². The van der Waals surface area contributed by atoms with Crippen LogP contribution in [-0.4, -0.2) is 9.97 Å². The molecule has 0 N–H and O–H groups in total. The van der Waals surface area contributed by atoms with Crippen LogP contribution in [-0.2, 0) is 0 Å². The first-order valence-corrected chi connectivity index (χ1v) is 17.2. The Bertz CT molecular complexity index is 3210. The lowest BCUT2D eigenvalue weighted by Gasteiger charge is -2.15. The molecule has 230 valence electrons. The third kappa shape index (κ3) is 3.90. The summed E-state index contributed by atoms with van der Waals surface area (Å²) in [6.45, 7) is 0. The molecule has 0 fully saturated rings. The predicted octanol–water partition coefficient (Wildman–Crippen LogP) is 13.0. The van der Waals surface area contributed by atoms with Gasteiger partial charge in [-0.15, -0.1) is 0 Å². The lowest BCUT2D eigenvalue weighted by Crippen LogP contribution is -1.91. The SMILES string of the molecule is c1cnc2c(c1)ccc1ccc(-c3ccc(-c4ccc5c(c4)c4ccccc4c4cccc6ccc7cccc5c7c64)c4ccccc34)nc12. The first-order valence-electron chi connectivity index (χ1n) is 17.2. The van der Waals surface area contributed by atoms with E-state index in [2.05, 4.69) is 158 Å². The number of rotatable bonds is 2. The summed E-state index contributed by atoms with van der Waals surface area (Å²) in [5, 5.41) is 17.4. The molecule has 0 saturated carbocycles. The normalized spacial score (nSPS) is 12.0. The van der Waals surface area contributed by atoms with Crippen molar-refractivity contribution in [3.63, 3.8) is 0 Å². The zero-order chi connectivity index (χ0) is 32.8. The molecule has 0 spiro atoms. The van der Waals surface area contributed by atoms with Crippen LogP contribution in [0.3, 0.4) is 0 Å². The second-order valence-corrected chi connectivity index (χ2v) is 13.3. The maximum absolute atomic E-state index is 5.22. The third-order valence-corrected chi connectivity index (χ3v) is 10.6. The molecule has 2 heterocycles. The van der Waals surface area contributed by atoms with Gasteiger partial charge in [-0.1, -0.05) is 146 Å². The Kier molecular flexibility index (Phi) is 5.70. The van der Waals surface area contributed by atoms with Gasteiger partial charge in [0.2, 0.25) is 0 Å². The van der Waals surface area contributed by atoms with Gasteiger partial charge in [-0.3, -0.25) is 4.98 Å². The number of fused-ring (bicyclic) bond motifs is 9. The van der Waals surface area contributed by atoms with E-state index in [1.807, 2.05) is 12.3 Å². The second kappa shape index (κ2) is 10.4. The van der Waals surface area contributed by atoms with Gasteiger partial charge in [0.05, 0.1) is 16.7 Å². The minimum Gasteiger partial charge on any atom is -0.254 e. The molecule has 0 atom stereocenters. The minimum absolute atomic E-state index is 0.932. The highest BCUT2D eigenvalue weighted by Gasteiger charge is 2.15. The van der Waals surface area contributed by atoms with Gasteiger partial charge in [-0.2, -0.15) is 0 Å². The number of pyridine rings is 2. The summed E-state index contributed by atoms with van der Waals surface area (Å²) in [7, 11) is 0. The van der Waals surface area contributed by atoms with Crippen molar-refractivity contribution < 1.29 is 0 Å². The van der Waals surface area contributed by atoms with Gasteiger partial charge < -0.3 is 0 Å². The van der Waals surface area contributed by atoms with Crippen LogP contribution in [0.5, 0.6) is 0 Å². The van der Waals surface area contributed by atoms with Crippen LogP contribution in [0.15, 0.2) is 170 Å². The zero-order valence-corrected chi connectivity index (χ0v) is 27.1. The molecule has 2 nitrogen and oxygen atoms in total. The molecule has 2 heteroatoms. The topological polar surface area (TPSA) is 25.8 Å². The van der Waals surface area contributed by atoms with Crippen LogP contribution in [0.25, 0.3) is 109 Å². The van der Waals surface area contributed by atoms with E-state index in [-0.39, 0.29) is 0 Å². The molecule has 0 saturated heterocycles. The number of hydrogen-bond acceptors (Lipinski definition) is 2. The van der Waals surface area contributed by atoms with Gasteiger partial charge in [0.1, 0.15) is 0 Å². The van der Waals surface area contributed by atoms with Crippen molar-refractivity contribution in [1.29, 1.82) is 0 Å². The molecule has 2 aromatic heterocycles. The molecule has 0 radical (unpaired) electrons. The quantitative estimate of drug-likeness (QED) is 0.177. The molecule has 0 unspecified atom stereocenters. The summed E-state index contributed by atoms with van der Waals surface area (Å²) < 4.78 is 0. The van der Waals surface area contributed by atoms with Gasteiger partial charge in [0, 0.05) is 22.5 Å². The fourth-order valence-electron chi connectivity index (χ4n) is 8.37. The minimum atomic E-state index is 0.932. The van der Waals surface area contributed by atoms with E-state index in [1.165, 1.54) is 75.8 Å². The van der Waals surface area contributed by atoms with E-state index >= 15 is 0 Å². The summed E-state index contributed by atoms with van der Waals surface area (Å²) >= 11 is 0. The highest BCUT2D eigenvalue weighted by atomic mass is 14.8. The van der Waals surface area contributed by atoms with Gasteiger partial charge in [-0.05, 0) is 94.0 Å². The van der Waals surface area contributed by atoms with Crippen molar-refractivity contribution >= 4 is 86.4 Å². The van der Waals surface area contributed by atoms with Crippen LogP contribution in [0.2, 0.25) is 0 Å². The predicted molar refractivity (Wildman–Crippen MR) is 213 cm³/mol. The number of aromatic nitrogens is 2. The molecule has 0 aliphatic rings. The van der Waals surface area contributed by atoms with Crippen molar-refractivity contribution in [3.8, 4) is 22.4 Å². The van der Waals surface area contributed by atoms with Crippen molar-refractivity contribution in [2.24, 2.45) is 0 Å². The fourth-order valence-corrected chi connectivity index (χ4v) is 8.37. The van der Waals surface area contributed by atoms with E-state index < -0.39 is 0 Å². The molecular weight excluding hydrogens is 605 g/mol. The number of hydrogen-bond donors (Lipinski definition) is 0. The van der Waals surface area contributed by atoms with Crippen LogP contribution in [0.1, 0.15) is 0 Å². The largest absolute Gasteiger partial charge is 0.254 e. The van der Waals surface area contributed by atoms with Gasteiger partial charge >= 0.3 is 0 Å². The zero-order valence-electron chi connectivity index (χ0n) is 27.1. The highest BCUT2D eigenvalue weighted by molar-refractivity contribution is 6.33. The van der Waals surface area contributed by atoms with Crippen LogP contribution in [0, 0.1) is 0 Å². The van der Waals surface area contributed by atoms with Crippen molar-refractivity contribution in [2.45, 2.75) is 0 Å². The Morgan fingerprint density at radius 2 is 0.860 bits per heavy atom. The average molecular weight is 633 g/mol. The Labute approximate surface area is 287 Å². The third-order valence-electron chi connectivity index (χ3n) is 10.6. The summed E-state index contributed by atoms with van der Waals surface area (Å²) in [5.41, 5.74) is 6.34. The first-order chi connectivity index (χ1) is 24.8. The van der Waals surface area contributed by atoms with E-state index in [9.17, 15) is 0 Å². The Morgan fingerprint density at radius 1 is 0.320 bits per heavy atom. The van der Waals surface area contributed by atoms with Gasteiger partial charge in [-0.25, -0.2) is 4.98 Å². The Morgan fingerprint density at radius 3 is 1.60 bits per heavy atom. The fraction of sp³-hybridized carbons (Fsp3) is 0. The lowest BCUT2D eigenvalue weighted by atomic mass is 9.88. The molecule has 0 amide bonds. The maximum Gasteiger partial charge on any atom is 0.0972 e. The average Bonchev–Trinajstić information content (AvgIpc) is 3.19. The van der Waals surface area contributed by atoms with Gasteiger partial charge in [0.15, 0.2) is 0 Å². The Balaban J connectivity index is 1.19. The molecule has 9 aromatic carbocycles. The molecule has 11 rings (SSSR count). The van der Waals surface area contributed by atoms with Gasteiger partial charge in [0.25, 0.3) is 0 Å². The maximum atomic E-state index is 5.22. The number of benzene rings is 8. The monoisotopic (exact) mass is 632 g/mol. The highest BCUT2D eigenvalue weighted by Crippen LogP contribution is 2.42.